The van der Waals surface area contributed by atoms with Gasteiger partial charge in [-0.1, -0.05) is 12.1 Å². The fraction of sp³-hybridized carbons (Fsp3) is 0.133. The largest absolute Gasteiger partial charge is 0.465 e. The van der Waals surface area contributed by atoms with Crippen molar-refractivity contribution in [1.29, 1.82) is 0 Å². The number of nitrogens with zero attached hydrogens (tertiary/aromatic N) is 3. The Morgan fingerprint density at radius 3 is 2.52 bits per heavy atom. The molecule has 0 aliphatic heterocycles. The number of esters is 1. The molecule has 0 aliphatic carbocycles. The summed E-state index contributed by atoms with van der Waals surface area (Å²) in [5.74, 6) is -0.681. The molecule has 0 spiro atoms. The van der Waals surface area contributed by atoms with Crippen molar-refractivity contribution in [3.63, 3.8) is 0 Å². The van der Waals surface area contributed by atoms with Crippen LogP contribution in [0.3, 0.4) is 0 Å². The first-order valence-corrected chi connectivity index (χ1v) is 9.46. The second-order valence-electron chi connectivity index (χ2n) is 5.04. The minimum absolute atomic E-state index is 0.0410. The number of hydrogen-bond donors (Lipinski definition) is 1. The van der Waals surface area contributed by atoms with E-state index in [1.165, 1.54) is 18.6 Å². The number of hydrogen-bond acceptors (Lipinski definition) is 7. The van der Waals surface area contributed by atoms with E-state index in [4.69, 9.17) is 0 Å². The Kier molecular flexibility index (Phi) is 4.81. The molecule has 8 nitrogen and oxygen atoms in total. The maximum Gasteiger partial charge on any atom is 0.349 e. The maximum absolute atomic E-state index is 12.5. The van der Waals surface area contributed by atoms with Crippen LogP contribution in [0.1, 0.15) is 15.2 Å². The summed E-state index contributed by atoms with van der Waals surface area (Å²) >= 11 is 1.02. The molecule has 2 aromatic heterocycles. The first kappa shape index (κ1) is 17.1. The highest BCUT2D eigenvalue weighted by Gasteiger charge is 2.24. The normalized spacial score (nSPS) is 11.2. The zero-order chi connectivity index (χ0) is 17.9. The van der Waals surface area contributed by atoms with Crippen LogP contribution in [0.2, 0.25) is 0 Å². The number of thiophene rings is 1. The molecule has 3 aromatic rings. The average molecular weight is 378 g/mol. The third kappa shape index (κ3) is 3.86. The summed E-state index contributed by atoms with van der Waals surface area (Å²) in [5, 5.41) is 8.98. The highest BCUT2D eigenvalue weighted by Crippen LogP contribution is 2.25. The van der Waals surface area contributed by atoms with Crippen LogP contribution >= 0.6 is 11.3 Å². The van der Waals surface area contributed by atoms with Crippen molar-refractivity contribution >= 4 is 33.0 Å². The van der Waals surface area contributed by atoms with Gasteiger partial charge in [-0.2, -0.15) is 0 Å². The van der Waals surface area contributed by atoms with Gasteiger partial charge in [-0.25, -0.2) is 13.2 Å². The lowest BCUT2D eigenvalue weighted by Gasteiger charge is -2.09. The van der Waals surface area contributed by atoms with Crippen molar-refractivity contribution in [2.24, 2.45) is 0 Å². The molecule has 0 atom stereocenters. The van der Waals surface area contributed by atoms with Gasteiger partial charge in [-0.15, -0.1) is 21.5 Å². The van der Waals surface area contributed by atoms with E-state index in [1.54, 1.807) is 41.5 Å². The van der Waals surface area contributed by atoms with E-state index in [1.807, 2.05) is 0 Å². The summed E-state index contributed by atoms with van der Waals surface area (Å²) in [7, 11) is -2.68. The SMILES string of the molecule is COC(=O)c1sccc1S(=O)(=O)Nc1ccc(Cn2cnnc2)cc1. The Bertz CT molecular complexity index is 963. The summed E-state index contributed by atoms with van der Waals surface area (Å²) < 4.78 is 33.9. The Hall–Kier alpha value is -2.72. The lowest BCUT2D eigenvalue weighted by Crippen LogP contribution is -2.15. The molecule has 1 aromatic carbocycles. The highest BCUT2D eigenvalue weighted by molar-refractivity contribution is 7.93. The van der Waals surface area contributed by atoms with E-state index in [0.717, 1.165) is 16.9 Å². The van der Waals surface area contributed by atoms with Gasteiger partial charge in [0.15, 0.2) is 0 Å². The molecule has 0 unspecified atom stereocenters. The van der Waals surface area contributed by atoms with E-state index < -0.39 is 16.0 Å². The minimum Gasteiger partial charge on any atom is -0.465 e. The quantitative estimate of drug-likeness (QED) is 0.658. The van der Waals surface area contributed by atoms with E-state index in [9.17, 15) is 13.2 Å². The molecular formula is C15H14N4O4S2. The fourth-order valence-electron chi connectivity index (χ4n) is 2.15. The van der Waals surface area contributed by atoms with Crippen LogP contribution in [0.15, 0.2) is 53.3 Å². The summed E-state index contributed by atoms with van der Waals surface area (Å²) in [5.41, 5.74) is 1.36. The van der Waals surface area contributed by atoms with Gasteiger partial charge in [0.25, 0.3) is 10.0 Å². The van der Waals surface area contributed by atoms with Crippen LogP contribution in [0.5, 0.6) is 0 Å². The lowest BCUT2D eigenvalue weighted by molar-refractivity contribution is 0.0602. The molecule has 1 N–H and O–H groups in total. The molecule has 0 aliphatic rings. The molecule has 0 saturated carbocycles. The van der Waals surface area contributed by atoms with Gasteiger partial charge in [0.2, 0.25) is 0 Å². The summed E-state index contributed by atoms with van der Waals surface area (Å²) in [4.78, 5) is 11.6. The number of ether oxygens (including phenoxy) is 1. The smallest absolute Gasteiger partial charge is 0.349 e. The van der Waals surface area contributed by atoms with Crippen molar-refractivity contribution in [3.8, 4) is 0 Å². The second-order valence-corrected chi connectivity index (χ2v) is 7.61. The topological polar surface area (TPSA) is 103 Å². The molecular weight excluding hydrogens is 364 g/mol. The first-order valence-electron chi connectivity index (χ1n) is 7.09. The van der Waals surface area contributed by atoms with Crippen molar-refractivity contribution in [3.05, 3.63) is 58.8 Å². The van der Waals surface area contributed by atoms with E-state index in [0.29, 0.717) is 12.2 Å². The number of anilines is 1. The number of aromatic nitrogens is 3. The van der Waals surface area contributed by atoms with Crippen molar-refractivity contribution in [2.45, 2.75) is 11.4 Å². The highest BCUT2D eigenvalue weighted by atomic mass is 32.2. The average Bonchev–Trinajstić information content (AvgIpc) is 3.27. The summed E-state index contributed by atoms with van der Waals surface area (Å²) in [6, 6.07) is 8.28. The molecule has 10 heteroatoms. The number of benzene rings is 1. The summed E-state index contributed by atoms with van der Waals surface area (Å²) in [6.45, 7) is 0.580. The number of carbonyl (C=O) groups excluding carboxylic acids is 1. The Balaban J connectivity index is 1.77. The fourth-order valence-corrected chi connectivity index (χ4v) is 4.55. The minimum atomic E-state index is -3.88. The zero-order valence-corrected chi connectivity index (χ0v) is 14.8. The van der Waals surface area contributed by atoms with Crippen molar-refractivity contribution < 1.29 is 17.9 Å². The van der Waals surface area contributed by atoms with Crippen LogP contribution in [0.4, 0.5) is 5.69 Å². The number of nitrogens with one attached hydrogen (secondary N) is 1. The number of rotatable bonds is 6. The molecule has 0 radical (unpaired) electrons. The monoisotopic (exact) mass is 378 g/mol. The third-order valence-electron chi connectivity index (χ3n) is 3.33. The standard InChI is InChI=1S/C15H14N4O4S2/c1-23-15(20)14-13(6-7-24-14)25(21,22)18-12-4-2-11(3-5-12)8-19-9-16-17-10-19/h2-7,9-10,18H,8H2,1H3. The first-order chi connectivity index (χ1) is 12.0. The predicted molar refractivity (Wildman–Crippen MR) is 92.0 cm³/mol. The second kappa shape index (κ2) is 7.03. The maximum atomic E-state index is 12.5. The van der Waals surface area contributed by atoms with Gasteiger partial charge in [0.05, 0.1) is 7.11 Å². The third-order valence-corrected chi connectivity index (χ3v) is 5.77. The van der Waals surface area contributed by atoms with Gasteiger partial charge < -0.3 is 9.30 Å². The Labute approximate surface area is 148 Å². The van der Waals surface area contributed by atoms with Crippen LogP contribution in [0, 0.1) is 0 Å². The molecule has 0 amide bonds. The molecule has 25 heavy (non-hydrogen) atoms. The molecule has 0 fully saturated rings. The van der Waals surface area contributed by atoms with E-state index in [-0.39, 0.29) is 9.77 Å². The zero-order valence-electron chi connectivity index (χ0n) is 13.1. The van der Waals surface area contributed by atoms with E-state index >= 15 is 0 Å². The van der Waals surface area contributed by atoms with Crippen molar-refractivity contribution in [1.82, 2.24) is 14.8 Å². The van der Waals surface area contributed by atoms with Crippen LogP contribution < -0.4 is 4.72 Å². The molecule has 130 valence electrons. The Morgan fingerprint density at radius 2 is 1.88 bits per heavy atom. The van der Waals surface area contributed by atoms with Gasteiger partial charge in [0, 0.05) is 12.2 Å². The molecule has 2 heterocycles. The number of methoxy groups -OCH3 is 1. The van der Waals surface area contributed by atoms with Gasteiger partial charge in [-0.05, 0) is 29.1 Å². The molecule has 0 bridgehead atoms. The molecule has 3 rings (SSSR count). The van der Waals surface area contributed by atoms with Gasteiger partial charge in [-0.3, -0.25) is 4.72 Å². The van der Waals surface area contributed by atoms with Crippen LogP contribution in [0.25, 0.3) is 0 Å². The van der Waals surface area contributed by atoms with Crippen LogP contribution in [-0.4, -0.2) is 36.3 Å². The Morgan fingerprint density at radius 1 is 1.20 bits per heavy atom. The number of carbonyl (C=O) groups is 1. The van der Waals surface area contributed by atoms with Crippen LogP contribution in [-0.2, 0) is 21.3 Å². The van der Waals surface area contributed by atoms with Gasteiger partial charge in [0.1, 0.15) is 22.4 Å². The predicted octanol–water partition coefficient (Wildman–Crippen LogP) is 1.98. The van der Waals surface area contributed by atoms with Gasteiger partial charge >= 0.3 is 5.97 Å². The summed E-state index contributed by atoms with van der Waals surface area (Å²) in [6.07, 6.45) is 3.20. The van der Waals surface area contributed by atoms with Crippen molar-refractivity contribution in [2.75, 3.05) is 11.8 Å². The lowest BCUT2D eigenvalue weighted by atomic mass is 10.2. The van der Waals surface area contributed by atoms with E-state index in [2.05, 4.69) is 19.7 Å². The molecule has 0 saturated heterocycles. The number of sulfonamides is 1.